The molecule has 4 aromatic heterocycles. The average molecular weight is 393 g/mol. The molecule has 1 amide bonds. The summed E-state index contributed by atoms with van der Waals surface area (Å²) in [7, 11) is 0. The number of amides is 1. The largest absolute Gasteiger partial charge is 0.469 e. The van der Waals surface area contributed by atoms with Crippen LogP contribution < -0.4 is 5.32 Å². The summed E-state index contributed by atoms with van der Waals surface area (Å²) >= 11 is 0. The molecule has 0 saturated carbocycles. The maximum atomic E-state index is 13.1. The Morgan fingerprint density at radius 2 is 2.17 bits per heavy atom. The second-order valence-electron chi connectivity index (χ2n) is 7.05. The van der Waals surface area contributed by atoms with Crippen LogP contribution in [0, 0.1) is 6.92 Å². The van der Waals surface area contributed by atoms with Gasteiger partial charge in [0.05, 0.1) is 28.6 Å². The molecular formula is C21H23N5O3. The Kier molecular flexibility index (Phi) is 5.16. The fraction of sp³-hybridized carbons (Fsp3) is 0.333. The van der Waals surface area contributed by atoms with Gasteiger partial charge in [-0.1, -0.05) is 5.16 Å². The number of carbonyl (C=O) groups excluding carboxylic acids is 1. The molecule has 29 heavy (non-hydrogen) atoms. The highest BCUT2D eigenvalue weighted by Gasteiger charge is 2.21. The van der Waals surface area contributed by atoms with Gasteiger partial charge in [0.25, 0.3) is 11.6 Å². The number of rotatable bonds is 7. The van der Waals surface area contributed by atoms with Gasteiger partial charge in [-0.3, -0.25) is 9.48 Å². The summed E-state index contributed by atoms with van der Waals surface area (Å²) in [5.41, 5.74) is 2.71. The van der Waals surface area contributed by atoms with Crippen molar-refractivity contribution in [2.75, 3.05) is 0 Å². The third kappa shape index (κ3) is 3.91. The standard InChI is InChI=1S/C21H23N5O3/c1-4-26-10-9-17(24-26)18-12-16(19-14(3)25-29-21(19)23-18)20(27)22-13(2)7-8-15-6-5-11-28-15/h5-6,9-13H,4,7-8H2,1-3H3,(H,22,27)/t13-/m1/s1. The number of aromatic nitrogens is 4. The normalized spacial score (nSPS) is 12.4. The van der Waals surface area contributed by atoms with Crippen molar-refractivity contribution in [3.8, 4) is 11.4 Å². The Morgan fingerprint density at radius 3 is 2.90 bits per heavy atom. The van der Waals surface area contributed by atoms with E-state index in [0.29, 0.717) is 33.7 Å². The van der Waals surface area contributed by atoms with E-state index >= 15 is 0 Å². The van der Waals surface area contributed by atoms with Crippen LogP contribution in [0.1, 0.15) is 42.1 Å². The maximum Gasteiger partial charge on any atom is 0.259 e. The summed E-state index contributed by atoms with van der Waals surface area (Å²) in [6, 6.07) is 7.39. The molecule has 0 bridgehead atoms. The lowest BCUT2D eigenvalue weighted by atomic mass is 10.1. The van der Waals surface area contributed by atoms with Gasteiger partial charge in [-0.2, -0.15) is 5.10 Å². The van der Waals surface area contributed by atoms with Crippen molar-refractivity contribution in [1.29, 1.82) is 0 Å². The molecule has 0 aromatic carbocycles. The van der Waals surface area contributed by atoms with Crippen molar-refractivity contribution < 1.29 is 13.7 Å². The first-order valence-corrected chi connectivity index (χ1v) is 9.69. The fourth-order valence-corrected chi connectivity index (χ4v) is 3.27. The van der Waals surface area contributed by atoms with Gasteiger partial charge in [-0.25, -0.2) is 4.98 Å². The number of hydrogen-bond donors (Lipinski definition) is 1. The number of aryl methyl sites for hydroxylation is 3. The van der Waals surface area contributed by atoms with Gasteiger partial charge in [0.1, 0.15) is 11.5 Å². The van der Waals surface area contributed by atoms with E-state index in [1.165, 1.54) is 0 Å². The summed E-state index contributed by atoms with van der Waals surface area (Å²) in [4.78, 5) is 17.6. The molecule has 0 unspecified atom stereocenters. The number of nitrogens with one attached hydrogen (secondary N) is 1. The first kappa shape index (κ1) is 18.9. The zero-order valence-electron chi connectivity index (χ0n) is 16.7. The predicted octanol–water partition coefficient (Wildman–Crippen LogP) is 3.76. The van der Waals surface area contributed by atoms with Crippen LogP contribution in [0.3, 0.4) is 0 Å². The van der Waals surface area contributed by atoms with E-state index in [4.69, 9.17) is 8.94 Å². The molecule has 0 saturated heterocycles. The quantitative estimate of drug-likeness (QED) is 0.513. The predicted molar refractivity (Wildman–Crippen MR) is 107 cm³/mol. The van der Waals surface area contributed by atoms with Crippen molar-refractivity contribution in [2.24, 2.45) is 0 Å². The minimum Gasteiger partial charge on any atom is -0.469 e. The van der Waals surface area contributed by atoms with Gasteiger partial charge >= 0.3 is 0 Å². The third-order valence-corrected chi connectivity index (χ3v) is 4.87. The highest BCUT2D eigenvalue weighted by molar-refractivity contribution is 6.07. The Labute approximate surface area is 167 Å². The number of hydrogen-bond acceptors (Lipinski definition) is 6. The summed E-state index contributed by atoms with van der Waals surface area (Å²) < 4.78 is 12.5. The van der Waals surface area contributed by atoms with Crippen LogP contribution in [0.15, 0.2) is 45.7 Å². The first-order valence-electron chi connectivity index (χ1n) is 9.69. The van der Waals surface area contributed by atoms with Gasteiger partial charge in [0, 0.05) is 25.2 Å². The highest BCUT2D eigenvalue weighted by atomic mass is 16.5. The molecule has 8 nitrogen and oxygen atoms in total. The van der Waals surface area contributed by atoms with E-state index in [2.05, 4.69) is 20.6 Å². The van der Waals surface area contributed by atoms with Crippen LogP contribution in [-0.2, 0) is 13.0 Å². The van der Waals surface area contributed by atoms with Crippen LogP contribution in [0.2, 0.25) is 0 Å². The lowest BCUT2D eigenvalue weighted by molar-refractivity contribution is 0.0939. The van der Waals surface area contributed by atoms with E-state index < -0.39 is 0 Å². The van der Waals surface area contributed by atoms with Crippen LogP contribution >= 0.6 is 0 Å². The Hall–Kier alpha value is -3.42. The fourth-order valence-electron chi connectivity index (χ4n) is 3.27. The molecule has 0 radical (unpaired) electrons. The zero-order chi connectivity index (χ0) is 20.4. The van der Waals surface area contributed by atoms with Crippen molar-refractivity contribution in [3.05, 3.63) is 53.7 Å². The number of nitrogens with zero attached hydrogens (tertiary/aromatic N) is 4. The molecule has 150 valence electrons. The van der Waals surface area contributed by atoms with E-state index in [-0.39, 0.29) is 11.9 Å². The number of carbonyl (C=O) groups is 1. The SMILES string of the molecule is CCn1ccc(-c2cc(C(=O)N[C@H](C)CCc3ccco3)c3c(C)noc3n2)n1. The topological polar surface area (TPSA) is 99.0 Å². The minimum absolute atomic E-state index is 0.0290. The molecule has 0 aliphatic heterocycles. The van der Waals surface area contributed by atoms with Gasteiger partial charge in [0.15, 0.2) is 0 Å². The van der Waals surface area contributed by atoms with E-state index in [1.54, 1.807) is 19.3 Å². The van der Waals surface area contributed by atoms with Crippen molar-refractivity contribution in [1.82, 2.24) is 25.2 Å². The average Bonchev–Trinajstić information content (AvgIpc) is 3.47. The van der Waals surface area contributed by atoms with Crippen molar-refractivity contribution in [3.63, 3.8) is 0 Å². The van der Waals surface area contributed by atoms with E-state index in [1.807, 2.05) is 42.9 Å². The van der Waals surface area contributed by atoms with Crippen molar-refractivity contribution in [2.45, 2.75) is 46.2 Å². The molecule has 1 atom stereocenters. The molecule has 1 N–H and O–H groups in total. The number of fused-ring (bicyclic) bond motifs is 1. The third-order valence-electron chi connectivity index (χ3n) is 4.87. The monoisotopic (exact) mass is 393 g/mol. The van der Waals surface area contributed by atoms with E-state index in [0.717, 1.165) is 25.1 Å². The number of furan rings is 1. The smallest absolute Gasteiger partial charge is 0.259 e. The van der Waals surface area contributed by atoms with Gasteiger partial charge < -0.3 is 14.3 Å². The van der Waals surface area contributed by atoms with E-state index in [9.17, 15) is 4.79 Å². The molecule has 0 aliphatic carbocycles. The summed E-state index contributed by atoms with van der Waals surface area (Å²) in [6.07, 6.45) is 5.06. The second kappa shape index (κ2) is 7.90. The minimum atomic E-state index is -0.188. The first-order chi connectivity index (χ1) is 14.0. The molecule has 4 aromatic rings. The lowest BCUT2D eigenvalue weighted by Crippen LogP contribution is -2.33. The van der Waals surface area contributed by atoms with Gasteiger partial charge in [0.2, 0.25) is 0 Å². The summed E-state index contributed by atoms with van der Waals surface area (Å²) in [5.74, 6) is 0.716. The van der Waals surface area contributed by atoms with Crippen LogP contribution in [0.5, 0.6) is 0 Å². The van der Waals surface area contributed by atoms with Crippen molar-refractivity contribution >= 4 is 17.0 Å². The van der Waals surface area contributed by atoms with Crippen LogP contribution in [0.25, 0.3) is 22.5 Å². The van der Waals surface area contributed by atoms with Gasteiger partial charge in [-0.05, 0) is 51.5 Å². The second-order valence-corrected chi connectivity index (χ2v) is 7.05. The molecule has 0 fully saturated rings. The summed E-state index contributed by atoms with van der Waals surface area (Å²) in [5, 5.41) is 12.2. The molecule has 0 aliphatic rings. The Bertz CT molecular complexity index is 1130. The molecular weight excluding hydrogens is 370 g/mol. The van der Waals surface area contributed by atoms with Crippen LogP contribution in [0.4, 0.5) is 0 Å². The Balaban J connectivity index is 1.60. The molecule has 0 spiro atoms. The molecule has 4 heterocycles. The summed E-state index contributed by atoms with van der Waals surface area (Å²) in [6.45, 7) is 6.54. The molecule has 4 rings (SSSR count). The zero-order valence-corrected chi connectivity index (χ0v) is 16.7. The van der Waals surface area contributed by atoms with Crippen LogP contribution in [-0.4, -0.2) is 31.9 Å². The number of pyridine rings is 1. The van der Waals surface area contributed by atoms with Gasteiger partial charge in [-0.15, -0.1) is 0 Å². The molecule has 8 heteroatoms. The highest BCUT2D eigenvalue weighted by Crippen LogP contribution is 2.26. The maximum absolute atomic E-state index is 13.1. The Morgan fingerprint density at radius 1 is 1.31 bits per heavy atom. The lowest BCUT2D eigenvalue weighted by Gasteiger charge is -2.14.